The molecule has 1 unspecified atom stereocenters. The van der Waals surface area contributed by atoms with E-state index in [-0.39, 0.29) is 43.8 Å². The van der Waals surface area contributed by atoms with E-state index in [0.717, 1.165) is 5.32 Å². The van der Waals surface area contributed by atoms with E-state index in [1.165, 1.54) is 31.2 Å². The number of rotatable bonds is 18. The molecule has 0 aliphatic rings. The minimum Gasteiger partial charge on any atom is -0.493 e. The molecule has 2 atom stereocenters. The maximum absolute atomic E-state index is 14.4. The smallest absolute Gasteiger partial charge is 0.406 e. The van der Waals surface area contributed by atoms with Gasteiger partial charge in [0.25, 0.3) is 6.47 Å². The van der Waals surface area contributed by atoms with Crippen LogP contribution in [0, 0.1) is 5.92 Å². The van der Waals surface area contributed by atoms with E-state index in [1.54, 1.807) is 0 Å². The molecule has 0 radical (unpaired) electrons. The number of carbonyl (C=O) groups excluding carboxylic acids is 3. The number of benzene rings is 1. The second kappa shape index (κ2) is 16.8. The number of nitrogens with one attached hydrogen (secondary N) is 1. The molecular formula is C24H24F15NO5. The zero-order valence-corrected chi connectivity index (χ0v) is 22.6. The lowest BCUT2D eigenvalue weighted by Gasteiger charge is -2.39. The van der Waals surface area contributed by atoms with E-state index in [2.05, 4.69) is 4.74 Å². The molecule has 1 aromatic carbocycles. The summed E-state index contributed by atoms with van der Waals surface area (Å²) in [4.78, 5) is 34.9. The van der Waals surface area contributed by atoms with Crippen LogP contribution in [0.5, 0.6) is 5.75 Å². The molecule has 45 heavy (non-hydrogen) atoms. The summed E-state index contributed by atoms with van der Waals surface area (Å²) in [5, 5.41) is 1.14. The third-order valence-electron chi connectivity index (χ3n) is 5.77. The van der Waals surface area contributed by atoms with E-state index in [4.69, 9.17) is 13.9 Å². The van der Waals surface area contributed by atoms with Crippen molar-refractivity contribution < 1.29 is 90.1 Å². The first-order valence-electron chi connectivity index (χ1n) is 12.2. The predicted octanol–water partition coefficient (Wildman–Crippen LogP) is 6.85. The van der Waals surface area contributed by atoms with Gasteiger partial charge in [-0.3, -0.25) is 14.4 Å². The monoisotopic (exact) mass is 691 g/mol. The maximum atomic E-state index is 14.4. The van der Waals surface area contributed by atoms with Gasteiger partial charge in [-0.2, -0.15) is 48.3 Å². The maximum Gasteiger partial charge on any atom is 0.406 e. The van der Waals surface area contributed by atoms with Crippen molar-refractivity contribution >= 4 is 18.2 Å². The highest BCUT2D eigenvalue weighted by Crippen LogP contribution is 2.58. The summed E-state index contributed by atoms with van der Waals surface area (Å²) >= 11 is 0. The van der Waals surface area contributed by atoms with Gasteiger partial charge in [-0.15, -0.1) is 0 Å². The molecule has 0 aromatic heterocycles. The molecule has 1 N–H and O–H groups in total. The van der Waals surface area contributed by atoms with Gasteiger partial charge in [0.2, 0.25) is 11.8 Å². The second-order valence-electron chi connectivity index (χ2n) is 8.96. The van der Waals surface area contributed by atoms with Gasteiger partial charge < -0.3 is 14.8 Å². The van der Waals surface area contributed by atoms with Crippen molar-refractivity contribution in [1.82, 2.24) is 5.32 Å². The molecule has 0 bridgehead atoms. The van der Waals surface area contributed by atoms with Crippen molar-refractivity contribution in [3.05, 3.63) is 29.8 Å². The molecule has 0 aliphatic carbocycles. The van der Waals surface area contributed by atoms with Gasteiger partial charge >= 0.3 is 36.3 Å². The highest BCUT2D eigenvalue weighted by Gasteiger charge is 2.86. The Balaban J connectivity index is 0.00000947. The number of hydrogen-bond acceptors (Lipinski definition) is 5. The fourth-order valence-corrected chi connectivity index (χ4v) is 3.51. The summed E-state index contributed by atoms with van der Waals surface area (Å²) in [6.45, 7) is 1.66. The number of ketones is 1. The molecule has 260 valence electrons. The molecule has 21 heteroatoms. The van der Waals surface area contributed by atoms with Crippen molar-refractivity contribution in [3.63, 3.8) is 0 Å². The Morgan fingerprint density at radius 3 is 1.80 bits per heavy atom. The number of amides is 1. The van der Waals surface area contributed by atoms with Gasteiger partial charge in [-0.25, -0.2) is 8.78 Å². The zero-order chi connectivity index (χ0) is 35.4. The number of carbonyl (C=O) groups is 3. The van der Waals surface area contributed by atoms with Crippen LogP contribution in [0.1, 0.15) is 31.7 Å². The van der Waals surface area contributed by atoms with Crippen LogP contribution in [-0.2, 0) is 25.5 Å². The number of hydrogen-bond donors (Lipinski definition) is 1. The van der Waals surface area contributed by atoms with Crippen LogP contribution in [0.3, 0.4) is 0 Å². The summed E-state index contributed by atoms with van der Waals surface area (Å²) in [6.07, 6.45) is -13.5. The summed E-state index contributed by atoms with van der Waals surface area (Å²) < 4.78 is 201. The third kappa shape index (κ3) is 10.0. The molecule has 0 heterocycles. The number of Topliss-reactive ketones (excluding diaryl/α,β-unsaturated/α-hetero) is 1. The standard InChI is InChI=1S/C24H24F13NO5.F2/c1-2-4-16(40)15(11-13-5-7-14(8-6-13)43-10-3-9-42-12-39)38-18(41)17(22(31,32)33)20(27,28)23(34,35)24(36,37)21(29,30)19(25)26;1-2/h5-8,12,15,17,19H,2-4,9-11H2,1H3,(H,38,41);/t15-,17?;/m0./s1. The molecule has 0 aliphatic heterocycles. The van der Waals surface area contributed by atoms with E-state index in [9.17, 15) is 71.5 Å². The van der Waals surface area contributed by atoms with Crippen LogP contribution in [0.25, 0.3) is 0 Å². The highest BCUT2D eigenvalue weighted by molar-refractivity contribution is 5.90. The molecule has 0 saturated carbocycles. The van der Waals surface area contributed by atoms with Crippen molar-refractivity contribution in [1.29, 1.82) is 0 Å². The molecule has 0 fully saturated rings. The Kier molecular flexibility index (Phi) is 15.5. The fourth-order valence-electron chi connectivity index (χ4n) is 3.51. The van der Waals surface area contributed by atoms with Gasteiger partial charge in [-0.05, 0) is 30.5 Å². The minimum atomic E-state index is -7.85. The van der Waals surface area contributed by atoms with Gasteiger partial charge in [0.15, 0.2) is 5.78 Å². The lowest BCUT2D eigenvalue weighted by atomic mass is 9.87. The molecule has 0 saturated heterocycles. The summed E-state index contributed by atoms with van der Waals surface area (Å²) in [6, 6.07) is 2.78. The second-order valence-corrected chi connectivity index (χ2v) is 8.96. The van der Waals surface area contributed by atoms with Crippen LogP contribution < -0.4 is 10.1 Å². The van der Waals surface area contributed by atoms with E-state index in [1.807, 2.05) is 0 Å². The Hall–Kier alpha value is -3.42. The van der Waals surface area contributed by atoms with E-state index < -0.39 is 72.8 Å². The summed E-state index contributed by atoms with van der Waals surface area (Å²) in [7, 11) is 0. The van der Waals surface area contributed by atoms with Crippen LogP contribution >= 0.6 is 0 Å². The number of alkyl halides is 13. The molecule has 0 spiro atoms. The fraction of sp³-hybridized carbons (Fsp3) is 0.625. The Labute approximate surface area is 244 Å². The quantitative estimate of drug-likeness (QED) is 0.104. The van der Waals surface area contributed by atoms with Crippen LogP contribution in [0.2, 0.25) is 0 Å². The molecule has 1 aromatic rings. The number of halogens is 15. The SMILES string of the molecule is CCCC(=O)[C@H](Cc1ccc(OCCCOC=O)cc1)NC(=O)C(C(F)(F)F)C(F)(F)C(F)(F)C(F)(F)C(F)(F)C(F)F.FF. The largest absolute Gasteiger partial charge is 0.493 e. The lowest BCUT2D eigenvalue weighted by molar-refractivity contribution is -0.401. The van der Waals surface area contributed by atoms with Gasteiger partial charge in [0.1, 0.15) is 5.75 Å². The Morgan fingerprint density at radius 1 is 0.844 bits per heavy atom. The van der Waals surface area contributed by atoms with Gasteiger partial charge in [-0.1, -0.05) is 19.1 Å². The average molecular weight is 691 g/mol. The van der Waals surface area contributed by atoms with Crippen LogP contribution in [0.15, 0.2) is 24.3 Å². The van der Waals surface area contributed by atoms with Crippen LogP contribution in [-0.4, -0.2) is 73.7 Å². The molecular weight excluding hydrogens is 667 g/mol. The molecule has 6 nitrogen and oxygen atoms in total. The minimum absolute atomic E-state index is 0.0162. The van der Waals surface area contributed by atoms with Crippen molar-refractivity contribution in [2.75, 3.05) is 13.2 Å². The van der Waals surface area contributed by atoms with Gasteiger partial charge in [0, 0.05) is 22.0 Å². The first-order chi connectivity index (χ1) is 20.6. The highest BCUT2D eigenvalue weighted by atomic mass is 20.0. The van der Waals surface area contributed by atoms with Crippen molar-refractivity contribution in [2.45, 2.75) is 74.9 Å². The van der Waals surface area contributed by atoms with Crippen molar-refractivity contribution in [3.8, 4) is 5.75 Å². The third-order valence-corrected chi connectivity index (χ3v) is 5.77. The van der Waals surface area contributed by atoms with E-state index >= 15 is 0 Å². The van der Waals surface area contributed by atoms with Crippen LogP contribution in [0.4, 0.5) is 66.2 Å². The molecule has 1 amide bonds. The molecule has 1 rings (SSSR count). The Morgan fingerprint density at radius 2 is 1.36 bits per heavy atom. The summed E-state index contributed by atoms with van der Waals surface area (Å²) in [5.41, 5.74) is 0.0372. The normalized spacial score (nSPS) is 14.2. The summed E-state index contributed by atoms with van der Waals surface area (Å²) in [5.74, 6) is -39.9. The van der Waals surface area contributed by atoms with Crippen molar-refractivity contribution in [2.24, 2.45) is 5.92 Å². The van der Waals surface area contributed by atoms with E-state index in [0.29, 0.717) is 0 Å². The van der Waals surface area contributed by atoms with Gasteiger partial charge in [0.05, 0.1) is 19.3 Å². The number of ether oxygens (including phenoxy) is 2. The topological polar surface area (TPSA) is 81.7 Å². The first-order valence-corrected chi connectivity index (χ1v) is 12.2. The zero-order valence-electron chi connectivity index (χ0n) is 22.6. The first kappa shape index (κ1) is 41.6. The Bertz CT molecular complexity index is 1080. The predicted molar refractivity (Wildman–Crippen MR) is 122 cm³/mol. The lowest BCUT2D eigenvalue weighted by Crippen LogP contribution is -2.69. The average Bonchev–Trinajstić information content (AvgIpc) is 2.93.